The van der Waals surface area contributed by atoms with Crippen molar-refractivity contribution >= 4 is 5.69 Å². The van der Waals surface area contributed by atoms with Crippen LogP contribution in [0, 0.1) is 0 Å². The van der Waals surface area contributed by atoms with Gasteiger partial charge in [-0.15, -0.1) is 0 Å². The minimum absolute atomic E-state index is 0. The SMILES string of the molecule is C.COc1c2c(c(OC)c(OC)c1OC)C(C)(C[C@H]1CCCN1C)CN2.[HH]. The van der Waals surface area contributed by atoms with E-state index in [0.29, 0.717) is 23.3 Å². The molecule has 0 aliphatic carbocycles. The van der Waals surface area contributed by atoms with Crippen LogP contribution in [0.3, 0.4) is 0 Å². The lowest BCUT2D eigenvalue weighted by atomic mass is 9.77. The van der Waals surface area contributed by atoms with Gasteiger partial charge in [0.1, 0.15) is 0 Å². The summed E-state index contributed by atoms with van der Waals surface area (Å²) < 4.78 is 22.7. The Morgan fingerprint density at radius 3 is 2.12 bits per heavy atom. The molecule has 0 amide bonds. The molecule has 0 radical (unpaired) electrons. The van der Waals surface area contributed by atoms with E-state index >= 15 is 0 Å². The quantitative estimate of drug-likeness (QED) is 0.825. The zero-order valence-electron chi connectivity index (χ0n) is 16.2. The standard InChI is InChI=1S/C19H30N2O4.CH4.H2/c1-19(10-12-8-7-9-21(12)2)11-20-14-13(19)15(22-3)17(24-5)18(25-6)16(14)23-4;;/h12,20H,7-11H2,1-6H3;1H4;1H/t12-,19?;;/m1../s1. The van der Waals surface area contributed by atoms with Gasteiger partial charge in [-0.25, -0.2) is 0 Å². The molecule has 1 aromatic rings. The van der Waals surface area contributed by atoms with Gasteiger partial charge in [0.25, 0.3) is 0 Å². The molecule has 1 unspecified atom stereocenters. The van der Waals surface area contributed by atoms with E-state index in [1.54, 1.807) is 28.4 Å². The van der Waals surface area contributed by atoms with Crippen LogP contribution in [0.25, 0.3) is 0 Å². The van der Waals surface area contributed by atoms with E-state index in [-0.39, 0.29) is 14.3 Å². The first kappa shape index (κ1) is 20.5. The van der Waals surface area contributed by atoms with Crippen LogP contribution in [0.2, 0.25) is 0 Å². The second kappa shape index (κ2) is 7.82. The lowest BCUT2D eigenvalue weighted by Crippen LogP contribution is -2.35. The zero-order valence-corrected chi connectivity index (χ0v) is 16.2. The summed E-state index contributed by atoms with van der Waals surface area (Å²) in [4.78, 5) is 2.47. The van der Waals surface area contributed by atoms with E-state index in [1.165, 1.54) is 19.4 Å². The number of methoxy groups -OCH3 is 4. The van der Waals surface area contributed by atoms with E-state index in [9.17, 15) is 0 Å². The predicted molar refractivity (Wildman–Crippen MR) is 108 cm³/mol. The van der Waals surface area contributed by atoms with Crippen LogP contribution in [0.4, 0.5) is 5.69 Å². The first-order valence-electron chi connectivity index (χ1n) is 8.85. The summed E-state index contributed by atoms with van der Waals surface area (Å²) in [5.41, 5.74) is 2.03. The lowest BCUT2D eigenvalue weighted by Gasteiger charge is -2.32. The van der Waals surface area contributed by atoms with Gasteiger partial charge in [0.2, 0.25) is 11.5 Å². The van der Waals surface area contributed by atoms with Gasteiger partial charge >= 0.3 is 0 Å². The Morgan fingerprint density at radius 1 is 1.04 bits per heavy atom. The molecule has 2 aliphatic heterocycles. The van der Waals surface area contributed by atoms with Crippen LogP contribution in [-0.4, -0.2) is 59.5 Å². The summed E-state index contributed by atoms with van der Waals surface area (Å²) in [6.07, 6.45) is 3.58. The van der Waals surface area contributed by atoms with Gasteiger partial charge in [0.15, 0.2) is 11.5 Å². The van der Waals surface area contributed by atoms with Gasteiger partial charge in [-0.3, -0.25) is 0 Å². The van der Waals surface area contributed by atoms with E-state index in [4.69, 9.17) is 18.9 Å². The van der Waals surface area contributed by atoms with Gasteiger partial charge in [-0.2, -0.15) is 0 Å². The second-order valence-corrected chi connectivity index (χ2v) is 7.28. The maximum absolute atomic E-state index is 5.79. The minimum atomic E-state index is -0.0588. The Kier molecular flexibility index (Phi) is 6.17. The molecule has 0 aromatic heterocycles. The maximum Gasteiger partial charge on any atom is 0.209 e. The fourth-order valence-corrected chi connectivity index (χ4v) is 4.47. The van der Waals surface area contributed by atoms with Crippen molar-refractivity contribution in [2.24, 2.45) is 0 Å². The molecular weight excluding hydrogens is 332 g/mol. The number of hydrogen-bond acceptors (Lipinski definition) is 6. The molecule has 6 heteroatoms. The smallest absolute Gasteiger partial charge is 0.209 e. The largest absolute Gasteiger partial charge is 0.492 e. The number of likely N-dealkylation sites (tertiary alicyclic amines) is 1. The summed E-state index contributed by atoms with van der Waals surface area (Å²) in [6, 6.07) is 0.585. The van der Waals surface area contributed by atoms with Crippen molar-refractivity contribution in [1.29, 1.82) is 0 Å². The average molecular weight is 369 g/mol. The van der Waals surface area contributed by atoms with Gasteiger partial charge in [-0.05, 0) is 32.9 Å². The van der Waals surface area contributed by atoms with Crippen molar-refractivity contribution in [3.63, 3.8) is 0 Å². The maximum atomic E-state index is 5.79. The highest BCUT2D eigenvalue weighted by molar-refractivity contribution is 5.82. The number of nitrogens with one attached hydrogen (secondary N) is 1. The Balaban J connectivity index is 0.00000182. The number of hydrogen-bond donors (Lipinski definition) is 1. The number of ether oxygens (including phenoxy) is 4. The highest BCUT2D eigenvalue weighted by atomic mass is 16.5. The highest BCUT2D eigenvalue weighted by Crippen LogP contribution is 2.59. The summed E-state index contributed by atoms with van der Waals surface area (Å²) in [6.45, 7) is 4.31. The molecule has 2 atom stereocenters. The average Bonchev–Trinajstić information content (AvgIpc) is 3.16. The van der Waals surface area contributed by atoms with Crippen LogP contribution < -0.4 is 24.3 Å². The Labute approximate surface area is 159 Å². The number of fused-ring (bicyclic) bond motifs is 1. The molecule has 1 saturated heterocycles. The first-order valence-corrected chi connectivity index (χ1v) is 8.85. The van der Waals surface area contributed by atoms with Gasteiger partial charge in [0, 0.05) is 25.0 Å². The number of benzene rings is 1. The third kappa shape index (κ3) is 3.04. The van der Waals surface area contributed by atoms with Gasteiger partial charge in [0.05, 0.1) is 34.1 Å². The number of nitrogens with zero attached hydrogens (tertiary/aromatic N) is 1. The molecule has 0 spiro atoms. The lowest BCUT2D eigenvalue weighted by molar-refractivity contribution is 0.249. The molecule has 1 fully saturated rings. The van der Waals surface area contributed by atoms with E-state index in [2.05, 4.69) is 24.2 Å². The van der Waals surface area contributed by atoms with Gasteiger partial charge in [-0.1, -0.05) is 14.4 Å². The fourth-order valence-electron chi connectivity index (χ4n) is 4.47. The van der Waals surface area contributed by atoms with Gasteiger partial charge < -0.3 is 29.2 Å². The zero-order chi connectivity index (χ0) is 18.2. The predicted octanol–water partition coefficient (Wildman–Crippen LogP) is 3.77. The summed E-state index contributed by atoms with van der Waals surface area (Å²) in [5.74, 6) is 2.58. The molecule has 150 valence electrons. The Bertz CT molecular complexity index is 656. The van der Waals surface area contributed by atoms with Crippen molar-refractivity contribution in [2.75, 3.05) is 53.9 Å². The molecule has 2 aliphatic rings. The Hall–Kier alpha value is -1.82. The van der Waals surface area contributed by atoms with Crippen LogP contribution in [0.5, 0.6) is 23.0 Å². The highest BCUT2D eigenvalue weighted by Gasteiger charge is 2.45. The minimum Gasteiger partial charge on any atom is -0.492 e. The normalized spacial score (nSPS) is 24.5. The fraction of sp³-hybridized carbons (Fsp3) is 0.700. The molecular formula is C20H36N2O4. The first-order chi connectivity index (χ1) is 12.0. The number of rotatable bonds is 6. The van der Waals surface area contributed by atoms with Crippen LogP contribution in [0.15, 0.2) is 0 Å². The van der Waals surface area contributed by atoms with Crippen molar-refractivity contribution in [1.82, 2.24) is 4.90 Å². The van der Waals surface area contributed by atoms with E-state index in [0.717, 1.165) is 30.0 Å². The molecule has 1 aromatic carbocycles. The summed E-state index contributed by atoms with van der Waals surface area (Å²) >= 11 is 0. The molecule has 1 N–H and O–H groups in total. The third-order valence-corrected chi connectivity index (χ3v) is 5.76. The molecule has 26 heavy (non-hydrogen) atoms. The summed E-state index contributed by atoms with van der Waals surface area (Å²) in [5, 5.41) is 3.54. The molecule has 6 nitrogen and oxygen atoms in total. The van der Waals surface area contributed by atoms with Crippen molar-refractivity contribution < 1.29 is 20.4 Å². The van der Waals surface area contributed by atoms with E-state index < -0.39 is 0 Å². The number of anilines is 1. The molecule has 0 bridgehead atoms. The summed E-state index contributed by atoms with van der Waals surface area (Å²) in [7, 11) is 8.82. The van der Waals surface area contributed by atoms with Crippen molar-refractivity contribution in [2.45, 2.75) is 45.1 Å². The third-order valence-electron chi connectivity index (χ3n) is 5.76. The molecule has 0 saturated carbocycles. The van der Waals surface area contributed by atoms with E-state index in [1.807, 2.05) is 0 Å². The van der Waals surface area contributed by atoms with Crippen molar-refractivity contribution in [3.05, 3.63) is 5.56 Å². The second-order valence-electron chi connectivity index (χ2n) is 7.28. The van der Waals surface area contributed by atoms with Crippen LogP contribution in [-0.2, 0) is 5.41 Å². The van der Waals surface area contributed by atoms with Crippen LogP contribution in [0.1, 0.15) is 40.6 Å². The molecule has 2 heterocycles. The van der Waals surface area contributed by atoms with Crippen molar-refractivity contribution in [3.8, 4) is 23.0 Å². The molecule has 3 rings (SSSR count). The van der Waals surface area contributed by atoms with Crippen LogP contribution >= 0.6 is 0 Å². The Morgan fingerprint density at radius 2 is 1.62 bits per heavy atom. The topological polar surface area (TPSA) is 52.2 Å². The monoisotopic (exact) mass is 368 g/mol.